The molecule has 4 amide bonds. The molecule has 74 heavy (non-hydrogen) atoms. The third kappa shape index (κ3) is 18.0. The van der Waals surface area contributed by atoms with Crippen LogP contribution in [0.4, 0.5) is 17.5 Å². The largest absolute Gasteiger partial charge is 0.493 e. The summed E-state index contributed by atoms with van der Waals surface area (Å²) in [5.74, 6) is 1.29. The van der Waals surface area contributed by atoms with E-state index in [9.17, 15) is 24.3 Å². The van der Waals surface area contributed by atoms with E-state index in [1.165, 1.54) is 15.3 Å². The topological polar surface area (TPSA) is 206 Å². The minimum atomic E-state index is -0.936. The van der Waals surface area contributed by atoms with Gasteiger partial charge in [0.05, 0.1) is 12.7 Å². The molecule has 2 aromatic carbocycles. The zero-order chi connectivity index (χ0) is 52.9. The van der Waals surface area contributed by atoms with Gasteiger partial charge in [-0.05, 0) is 97.6 Å². The van der Waals surface area contributed by atoms with Crippen LogP contribution in [-0.2, 0) is 46.4 Å². The van der Waals surface area contributed by atoms with Crippen molar-refractivity contribution in [3.63, 3.8) is 0 Å². The van der Waals surface area contributed by atoms with Crippen LogP contribution in [0.3, 0.4) is 0 Å². The molecule has 17 nitrogen and oxygen atoms in total. The van der Waals surface area contributed by atoms with Gasteiger partial charge in [-0.25, -0.2) is 4.98 Å². The molecule has 0 unspecified atom stereocenters. The molecule has 3 heterocycles. The van der Waals surface area contributed by atoms with Crippen LogP contribution in [0.5, 0.6) is 5.75 Å². The molecule has 6 rings (SSSR count). The molecule has 0 spiro atoms. The van der Waals surface area contributed by atoms with Gasteiger partial charge in [0.1, 0.15) is 30.3 Å². The molecular formula is C56H80N8O9S. The number of ether oxygens (including phenoxy) is 4. The van der Waals surface area contributed by atoms with Crippen molar-refractivity contribution in [1.29, 1.82) is 0 Å². The van der Waals surface area contributed by atoms with Crippen LogP contribution >= 0.6 is 11.3 Å². The maximum absolute atomic E-state index is 14.0. The third-order valence-corrected chi connectivity index (χ3v) is 14.4. The summed E-state index contributed by atoms with van der Waals surface area (Å²) in [6.45, 7) is 14.3. The zero-order valence-electron chi connectivity index (χ0n) is 44.4. The molecule has 0 bridgehead atoms. The van der Waals surface area contributed by atoms with Crippen molar-refractivity contribution in [3.8, 4) is 16.2 Å². The minimum Gasteiger partial charge on any atom is -0.493 e. The molecular weight excluding hydrogens is 961 g/mol. The van der Waals surface area contributed by atoms with Gasteiger partial charge in [0.15, 0.2) is 0 Å². The highest BCUT2D eigenvalue weighted by Crippen LogP contribution is 2.31. The predicted octanol–water partition coefficient (Wildman–Crippen LogP) is 7.68. The lowest BCUT2D eigenvalue weighted by molar-refractivity contribution is -0.144. The van der Waals surface area contributed by atoms with Crippen molar-refractivity contribution in [3.05, 3.63) is 82.9 Å². The van der Waals surface area contributed by atoms with E-state index in [0.29, 0.717) is 65.1 Å². The number of carbonyl (C=O) groups is 4. The van der Waals surface area contributed by atoms with Gasteiger partial charge in [-0.3, -0.25) is 19.2 Å². The lowest BCUT2D eigenvalue weighted by atomic mass is 9.84. The van der Waals surface area contributed by atoms with Gasteiger partial charge in [0.2, 0.25) is 29.6 Å². The number of aliphatic hydroxyl groups is 1. The Morgan fingerprint density at radius 2 is 1.64 bits per heavy atom. The van der Waals surface area contributed by atoms with Crippen LogP contribution in [0.1, 0.15) is 102 Å². The number of likely N-dealkylation sites (tertiary alicyclic amines) is 1. The number of unbranched alkanes of at least 4 members (excludes halogenated alkanes) is 1. The molecule has 1 aliphatic heterocycles. The number of aromatic nitrogens is 2. The molecule has 2 fully saturated rings. The number of hydrogen-bond donors (Lipinski definition) is 5. The Hall–Kier alpha value is -5.66. The van der Waals surface area contributed by atoms with Crippen LogP contribution in [0, 0.1) is 18.3 Å². The Morgan fingerprint density at radius 1 is 0.919 bits per heavy atom. The fourth-order valence-electron chi connectivity index (χ4n) is 8.74. The van der Waals surface area contributed by atoms with Crippen LogP contribution < -0.4 is 26.0 Å². The van der Waals surface area contributed by atoms with Crippen molar-refractivity contribution in [2.45, 2.75) is 124 Å². The lowest BCUT2D eigenvalue weighted by Crippen LogP contribution is -2.58. The van der Waals surface area contributed by atoms with Gasteiger partial charge in [0.25, 0.3) is 0 Å². The van der Waals surface area contributed by atoms with E-state index in [1.807, 2.05) is 87.4 Å². The Kier molecular flexibility index (Phi) is 22.9. The van der Waals surface area contributed by atoms with E-state index in [-0.39, 0.29) is 43.8 Å². The highest BCUT2D eigenvalue weighted by atomic mass is 32.1. The maximum Gasteiger partial charge on any atom is 0.246 e. The average Bonchev–Trinajstić information content (AvgIpc) is 3.99. The number of anilines is 3. The number of aliphatic hydroxyl groups excluding tert-OH is 1. The maximum atomic E-state index is 14.0. The van der Waals surface area contributed by atoms with Crippen molar-refractivity contribution in [2.24, 2.45) is 11.3 Å². The molecule has 3 atom stereocenters. The summed E-state index contributed by atoms with van der Waals surface area (Å²) < 4.78 is 23.2. The van der Waals surface area contributed by atoms with Gasteiger partial charge in [-0.2, -0.15) is 4.98 Å². The molecule has 4 aromatic rings. The number of β-amino-alcohol motifs (C(OH)–C–C–N with tert-alkyl or cyclic N) is 1. The first-order chi connectivity index (χ1) is 35.7. The highest BCUT2D eigenvalue weighted by molar-refractivity contribution is 7.13. The number of nitrogens with one attached hydrogen (secondary N) is 4. The first-order valence-electron chi connectivity index (χ1n) is 26.5. The first-order valence-corrected chi connectivity index (χ1v) is 27.3. The van der Waals surface area contributed by atoms with Crippen LogP contribution in [0.2, 0.25) is 0 Å². The second kappa shape index (κ2) is 29.4. The van der Waals surface area contributed by atoms with Gasteiger partial charge < -0.3 is 55.1 Å². The third-order valence-electron chi connectivity index (χ3n) is 13.3. The van der Waals surface area contributed by atoms with E-state index in [4.69, 9.17) is 23.9 Å². The number of benzene rings is 2. The van der Waals surface area contributed by atoms with E-state index in [2.05, 4.69) is 51.5 Å². The monoisotopic (exact) mass is 1040 g/mol. The fraction of sp³-hybridized carbons (Fsp3) is 0.571. The van der Waals surface area contributed by atoms with Gasteiger partial charge >= 0.3 is 0 Å². The van der Waals surface area contributed by atoms with Crippen LogP contribution in [0.25, 0.3) is 10.4 Å². The molecule has 0 radical (unpaired) electrons. The molecule has 404 valence electrons. The number of thiophene rings is 1. The average molecular weight is 1040 g/mol. The van der Waals surface area contributed by atoms with E-state index in [0.717, 1.165) is 85.3 Å². The number of carbonyl (C=O) groups excluding carboxylic acids is 4. The Balaban J connectivity index is 0.779. The SMILES string of the molecule is CCc1cnc(Nc2cccc(OCCCOCCCCOCCCOCC(=O)N[C@H](C(=O)N3C[C@H](O)C[C@H]3C(=O)NCc3ccc(-c4sccc4C)cc3)C(C)(C)C)c2)nc1NCCCN(C)C(=O)C1CCC1. The van der Waals surface area contributed by atoms with Crippen molar-refractivity contribution in [1.82, 2.24) is 30.4 Å². The van der Waals surface area contributed by atoms with E-state index >= 15 is 0 Å². The number of aryl methyl sites for hydroxylation is 2. The molecule has 2 aliphatic rings. The van der Waals surface area contributed by atoms with Gasteiger partial charge in [0, 0.05) is 113 Å². The lowest BCUT2D eigenvalue weighted by Gasteiger charge is -2.35. The number of amides is 4. The molecule has 18 heteroatoms. The standard InChI is InChI=1S/C56H80N8O9S/c1-7-41-36-59-55(62-51(41)57-24-12-25-63(6)53(68)43-15-10-16-43)60-44-17-11-18-46(33-44)73-31-14-29-71-27-9-8-26-70-28-13-30-72-38-48(66)61-50(56(3,4)5)54(69)64-37-45(65)34-47(64)52(67)58-35-40-19-21-42(22-20-40)49-39(2)23-32-74-49/h11,17-23,32-33,36,43,45,47,50,65H,7-10,12-16,24-31,34-35,37-38H2,1-6H3,(H,58,67)(H,61,66)(H2,57,59,60,62)/t45-,47+,50-/m1/s1. The number of rotatable bonds is 31. The zero-order valence-corrected chi connectivity index (χ0v) is 45.2. The summed E-state index contributed by atoms with van der Waals surface area (Å²) in [5, 5.41) is 25.2. The Morgan fingerprint density at radius 3 is 2.31 bits per heavy atom. The second-order valence-corrected chi connectivity index (χ2v) is 21.3. The molecule has 1 saturated carbocycles. The van der Waals surface area contributed by atoms with Crippen molar-refractivity contribution >= 4 is 52.4 Å². The number of nitrogens with zero attached hydrogens (tertiary/aromatic N) is 4. The summed E-state index contributed by atoms with van der Waals surface area (Å²) in [5.41, 5.74) is 4.43. The summed E-state index contributed by atoms with van der Waals surface area (Å²) in [6, 6.07) is 16.0. The van der Waals surface area contributed by atoms with Crippen LogP contribution in [-0.4, -0.2) is 140 Å². The molecule has 5 N–H and O–H groups in total. The first kappa shape index (κ1) is 57.6. The minimum absolute atomic E-state index is 0.00272. The summed E-state index contributed by atoms with van der Waals surface area (Å²) in [4.78, 5) is 66.6. The van der Waals surface area contributed by atoms with Crippen molar-refractivity contribution in [2.75, 3.05) is 83.6 Å². The summed E-state index contributed by atoms with van der Waals surface area (Å²) >= 11 is 1.69. The molecule has 2 aromatic heterocycles. The van der Waals surface area contributed by atoms with Crippen LogP contribution in [0.15, 0.2) is 66.2 Å². The van der Waals surface area contributed by atoms with Gasteiger partial charge in [-0.15, -0.1) is 11.3 Å². The van der Waals surface area contributed by atoms with Crippen molar-refractivity contribution < 1.29 is 43.2 Å². The summed E-state index contributed by atoms with van der Waals surface area (Å²) in [7, 11) is 1.89. The number of hydrogen-bond acceptors (Lipinski definition) is 14. The smallest absolute Gasteiger partial charge is 0.246 e. The van der Waals surface area contributed by atoms with Gasteiger partial charge in [-0.1, -0.05) is 64.4 Å². The quantitative estimate of drug-likeness (QED) is 0.0307. The molecule has 1 aliphatic carbocycles. The Labute approximate surface area is 441 Å². The predicted molar refractivity (Wildman–Crippen MR) is 289 cm³/mol. The second-order valence-electron chi connectivity index (χ2n) is 20.4. The highest BCUT2D eigenvalue weighted by Gasteiger charge is 2.44. The fourth-order valence-corrected chi connectivity index (χ4v) is 9.67. The Bertz CT molecular complexity index is 2390. The van der Waals surface area contributed by atoms with E-state index in [1.54, 1.807) is 11.3 Å². The molecule has 1 saturated heterocycles. The summed E-state index contributed by atoms with van der Waals surface area (Å²) in [6.07, 6.45) is 8.99. The van der Waals surface area contributed by atoms with E-state index < -0.39 is 35.4 Å². The normalized spacial score (nSPS) is 16.1.